The van der Waals surface area contributed by atoms with E-state index in [9.17, 15) is 9.59 Å². The third-order valence-electron chi connectivity index (χ3n) is 5.22. The number of fused-ring (bicyclic) bond motifs is 1. The molecule has 0 saturated heterocycles. The summed E-state index contributed by atoms with van der Waals surface area (Å²) < 4.78 is 16.3. The molecule has 6 nitrogen and oxygen atoms in total. The first kappa shape index (κ1) is 20.5. The Hall–Kier alpha value is -3.80. The number of Topliss-reactive ketones (excluding diaryl/α,β-unsaturated/α-hetero) is 1. The summed E-state index contributed by atoms with van der Waals surface area (Å²) in [5.74, 6) is 0.238. The molecule has 0 bridgehead atoms. The topological polar surface area (TPSA) is 73.9 Å². The molecule has 0 saturated carbocycles. The number of hydrogen-bond donors (Lipinski definition) is 1. The van der Waals surface area contributed by atoms with Crippen LogP contribution >= 0.6 is 0 Å². The maximum atomic E-state index is 12.7. The molecule has 1 aliphatic heterocycles. The summed E-state index contributed by atoms with van der Waals surface area (Å²) in [5, 5.41) is 3.30. The first-order valence-electron chi connectivity index (χ1n) is 10.0. The standard InChI is InChI=1S/C25H23NO5/c1-16-6-5-9-20(17(16)2)26-21-8-4-3-7-19(21)25(28)31-15-22(27)18-10-11-23-24(14-18)30-13-12-29-23/h3-11,14,26H,12-13,15H2,1-2H3. The highest BCUT2D eigenvalue weighted by Gasteiger charge is 2.18. The molecule has 1 N–H and O–H groups in total. The van der Waals surface area contributed by atoms with Crippen molar-refractivity contribution in [2.24, 2.45) is 0 Å². The zero-order valence-electron chi connectivity index (χ0n) is 17.4. The number of benzene rings is 3. The van der Waals surface area contributed by atoms with Crippen molar-refractivity contribution in [2.75, 3.05) is 25.1 Å². The van der Waals surface area contributed by atoms with Crippen LogP contribution in [0.1, 0.15) is 31.8 Å². The lowest BCUT2D eigenvalue weighted by Gasteiger charge is -2.18. The summed E-state index contributed by atoms with van der Waals surface area (Å²) in [7, 11) is 0. The zero-order valence-corrected chi connectivity index (χ0v) is 17.4. The van der Waals surface area contributed by atoms with E-state index in [4.69, 9.17) is 14.2 Å². The fourth-order valence-electron chi connectivity index (χ4n) is 3.31. The Morgan fingerprint density at radius 3 is 2.48 bits per heavy atom. The molecular weight excluding hydrogens is 394 g/mol. The van der Waals surface area contributed by atoms with Crippen molar-refractivity contribution in [3.05, 3.63) is 82.9 Å². The minimum absolute atomic E-state index is 0.315. The van der Waals surface area contributed by atoms with Crippen molar-refractivity contribution in [1.82, 2.24) is 0 Å². The fraction of sp³-hybridized carbons (Fsp3) is 0.200. The van der Waals surface area contributed by atoms with Crippen LogP contribution in [-0.2, 0) is 4.74 Å². The molecule has 1 heterocycles. The van der Waals surface area contributed by atoms with E-state index >= 15 is 0 Å². The van der Waals surface area contributed by atoms with Crippen LogP contribution in [0.5, 0.6) is 11.5 Å². The number of aryl methyl sites for hydroxylation is 1. The molecule has 6 heteroatoms. The summed E-state index contributed by atoms with van der Waals surface area (Å²) in [6.07, 6.45) is 0. The largest absolute Gasteiger partial charge is 0.486 e. The first-order valence-corrected chi connectivity index (χ1v) is 10.0. The van der Waals surface area contributed by atoms with E-state index in [1.165, 1.54) is 0 Å². The number of esters is 1. The highest BCUT2D eigenvalue weighted by molar-refractivity contribution is 6.01. The maximum absolute atomic E-state index is 12.7. The normalized spacial score (nSPS) is 12.2. The number of anilines is 2. The van der Waals surface area contributed by atoms with Crippen LogP contribution in [0, 0.1) is 13.8 Å². The number of carbonyl (C=O) groups excluding carboxylic acids is 2. The fourth-order valence-corrected chi connectivity index (χ4v) is 3.31. The van der Waals surface area contributed by atoms with E-state index in [-0.39, 0.29) is 12.4 Å². The number of hydrogen-bond acceptors (Lipinski definition) is 6. The van der Waals surface area contributed by atoms with Crippen molar-refractivity contribution in [2.45, 2.75) is 13.8 Å². The molecule has 3 aromatic rings. The lowest BCUT2D eigenvalue weighted by Crippen LogP contribution is -2.17. The van der Waals surface area contributed by atoms with Crippen LogP contribution in [0.2, 0.25) is 0 Å². The van der Waals surface area contributed by atoms with Gasteiger partial charge in [-0.3, -0.25) is 4.79 Å². The van der Waals surface area contributed by atoms with Gasteiger partial charge in [0.05, 0.1) is 11.3 Å². The molecular formula is C25H23NO5. The van der Waals surface area contributed by atoms with Crippen LogP contribution in [0.3, 0.4) is 0 Å². The Kier molecular flexibility index (Phi) is 5.89. The van der Waals surface area contributed by atoms with Gasteiger partial charge < -0.3 is 19.5 Å². The Morgan fingerprint density at radius 2 is 1.65 bits per heavy atom. The minimum Gasteiger partial charge on any atom is -0.486 e. The van der Waals surface area contributed by atoms with Gasteiger partial charge in [0, 0.05) is 11.3 Å². The summed E-state index contributed by atoms with van der Waals surface area (Å²) in [4.78, 5) is 25.3. The SMILES string of the molecule is Cc1cccc(Nc2ccccc2C(=O)OCC(=O)c2ccc3c(c2)OCCO3)c1C. The van der Waals surface area contributed by atoms with Crippen LogP contribution in [0.25, 0.3) is 0 Å². The molecule has 4 rings (SSSR count). The molecule has 158 valence electrons. The lowest BCUT2D eigenvalue weighted by molar-refractivity contribution is 0.0475. The summed E-state index contributed by atoms with van der Waals surface area (Å²) in [5.41, 5.74) is 4.53. The van der Waals surface area contributed by atoms with Crippen molar-refractivity contribution in [1.29, 1.82) is 0 Å². The van der Waals surface area contributed by atoms with Gasteiger partial charge in [-0.2, -0.15) is 0 Å². The van der Waals surface area contributed by atoms with Gasteiger partial charge in [-0.05, 0) is 61.4 Å². The zero-order chi connectivity index (χ0) is 21.8. The monoisotopic (exact) mass is 417 g/mol. The Balaban J connectivity index is 1.45. The second-order valence-corrected chi connectivity index (χ2v) is 7.28. The van der Waals surface area contributed by atoms with E-state index in [1.807, 2.05) is 38.1 Å². The molecule has 0 radical (unpaired) electrons. The average Bonchev–Trinajstić information content (AvgIpc) is 2.80. The second kappa shape index (κ2) is 8.92. The van der Waals surface area contributed by atoms with Gasteiger partial charge in [-0.1, -0.05) is 24.3 Å². The molecule has 0 unspecified atom stereocenters. The Morgan fingerprint density at radius 1 is 0.903 bits per heavy atom. The number of ether oxygens (including phenoxy) is 3. The van der Waals surface area contributed by atoms with Gasteiger partial charge >= 0.3 is 5.97 Å². The number of ketones is 1. The molecule has 0 fully saturated rings. The van der Waals surface area contributed by atoms with Gasteiger partial charge in [0.1, 0.15) is 13.2 Å². The van der Waals surface area contributed by atoms with Crippen LogP contribution in [-0.4, -0.2) is 31.6 Å². The Labute approximate surface area is 180 Å². The molecule has 31 heavy (non-hydrogen) atoms. The van der Waals surface area contributed by atoms with E-state index in [1.54, 1.807) is 36.4 Å². The van der Waals surface area contributed by atoms with E-state index in [0.29, 0.717) is 41.5 Å². The molecule has 0 aromatic heterocycles. The molecule has 0 amide bonds. The van der Waals surface area contributed by atoms with Crippen molar-refractivity contribution in [3.63, 3.8) is 0 Å². The molecule has 1 aliphatic rings. The van der Waals surface area contributed by atoms with E-state index in [2.05, 4.69) is 5.32 Å². The number of nitrogens with one attached hydrogen (secondary N) is 1. The molecule has 0 aliphatic carbocycles. The van der Waals surface area contributed by atoms with Crippen LogP contribution in [0.4, 0.5) is 11.4 Å². The summed E-state index contributed by atoms with van der Waals surface area (Å²) in [6, 6.07) is 18.0. The average molecular weight is 417 g/mol. The van der Waals surface area contributed by atoms with Gasteiger partial charge in [0.25, 0.3) is 0 Å². The van der Waals surface area contributed by atoms with Gasteiger partial charge in [-0.15, -0.1) is 0 Å². The van der Waals surface area contributed by atoms with Crippen molar-refractivity contribution >= 4 is 23.1 Å². The third-order valence-corrected chi connectivity index (χ3v) is 5.22. The van der Waals surface area contributed by atoms with Crippen molar-refractivity contribution in [3.8, 4) is 11.5 Å². The minimum atomic E-state index is -0.570. The van der Waals surface area contributed by atoms with E-state index < -0.39 is 5.97 Å². The molecule has 0 atom stereocenters. The van der Waals surface area contributed by atoms with Crippen LogP contribution in [0.15, 0.2) is 60.7 Å². The highest BCUT2D eigenvalue weighted by Crippen LogP contribution is 2.31. The summed E-state index contributed by atoms with van der Waals surface area (Å²) in [6.45, 7) is 4.60. The predicted molar refractivity (Wildman–Crippen MR) is 118 cm³/mol. The van der Waals surface area contributed by atoms with Gasteiger partial charge in [0.15, 0.2) is 23.9 Å². The first-order chi connectivity index (χ1) is 15.0. The van der Waals surface area contributed by atoms with Crippen molar-refractivity contribution < 1.29 is 23.8 Å². The molecule has 3 aromatic carbocycles. The predicted octanol–water partition coefficient (Wildman–Crippen LogP) is 4.86. The second-order valence-electron chi connectivity index (χ2n) is 7.28. The lowest BCUT2D eigenvalue weighted by atomic mass is 10.1. The smallest absolute Gasteiger partial charge is 0.340 e. The van der Waals surface area contributed by atoms with Gasteiger partial charge in [0.2, 0.25) is 0 Å². The number of carbonyl (C=O) groups is 2. The number of rotatable bonds is 6. The van der Waals surface area contributed by atoms with Crippen LogP contribution < -0.4 is 14.8 Å². The summed E-state index contributed by atoms with van der Waals surface area (Å²) >= 11 is 0. The third kappa shape index (κ3) is 4.53. The highest BCUT2D eigenvalue weighted by atomic mass is 16.6. The van der Waals surface area contributed by atoms with Gasteiger partial charge in [-0.25, -0.2) is 4.79 Å². The molecule has 0 spiro atoms. The maximum Gasteiger partial charge on any atom is 0.340 e. The number of para-hydroxylation sites is 1. The quantitative estimate of drug-likeness (QED) is 0.456. The van der Waals surface area contributed by atoms with E-state index in [0.717, 1.165) is 16.8 Å². The Bertz CT molecular complexity index is 1140.